The molecule has 11 heteroatoms. The van der Waals surface area contributed by atoms with Crippen LogP contribution >= 0.6 is 11.6 Å². The van der Waals surface area contributed by atoms with E-state index in [-0.39, 0.29) is 21.2 Å². The number of nitro groups is 1. The molecular weight excluding hydrogens is 468 g/mol. The van der Waals surface area contributed by atoms with Crippen molar-refractivity contribution in [3.63, 3.8) is 0 Å². The zero-order valence-corrected chi connectivity index (χ0v) is 19.0. The molecular formula is C22H19ClN4O5S. The van der Waals surface area contributed by atoms with E-state index in [4.69, 9.17) is 11.6 Å². The predicted molar refractivity (Wildman–Crippen MR) is 126 cm³/mol. The van der Waals surface area contributed by atoms with E-state index in [0.717, 1.165) is 16.1 Å². The van der Waals surface area contributed by atoms with Gasteiger partial charge in [-0.15, -0.1) is 0 Å². The number of nitrogens with one attached hydrogen (secondary N) is 1. The third-order valence-corrected chi connectivity index (χ3v) is 6.62. The quantitative estimate of drug-likeness (QED) is 0.294. The van der Waals surface area contributed by atoms with E-state index in [9.17, 15) is 23.3 Å². The number of non-ortho nitro benzene ring substituents is 1. The van der Waals surface area contributed by atoms with Gasteiger partial charge >= 0.3 is 0 Å². The first-order valence-corrected chi connectivity index (χ1v) is 11.4. The van der Waals surface area contributed by atoms with Crippen molar-refractivity contribution in [1.82, 2.24) is 5.43 Å². The lowest BCUT2D eigenvalue weighted by molar-refractivity contribution is -0.384. The molecule has 170 valence electrons. The van der Waals surface area contributed by atoms with Gasteiger partial charge in [0.2, 0.25) is 0 Å². The van der Waals surface area contributed by atoms with Gasteiger partial charge in [-0.25, -0.2) is 13.8 Å². The fourth-order valence-electron chi connectivity index (χ4n) is 2.90. The molecule has 3 rings (SSSR count). The van der Waals surface area contributed by atoms with Crippen LogP contribution in [-0.4, -0.2) is 32.0 Å². The van der Waals surface area contributed by atoms with Gasteiger partial charge in [-0.1, -0.05) is 41.9 Å². The van der Waals surface area contributed by atoms with E-state index in [0.29, 0.717) is 5.69 Å². The highest BCUT2D eigenvalue weighted by atomic mass is 35.5. The second-order valence-electron chi connectivity index (χ2n) is 6.92. The van der Waals surface area contributed by atoms with Crippen molar-refractivity contribution in [2.75, 3.05) is 10.8 Å². The summed E-state index contributed by atoms with van der Waals surface area (Å²) < 4.78 is 27.5. The molecule has 0 atom stereocenters. The number of carbonyl (C=O) groups is 1. The molecule has 1 N–H and O–H groups in total. The van der Waals surface area contributed by atoms with Crippen molar-refractivity contribution in [3.05, 3.63) is 99.1 Å². The third-order valence-electron chi connectivity index (χ3n) is 4.49. The Labute approximate surface area is 195 Å². The number of amides is 1. The molecule has 0 aliphatic rings. The topological polar surface area (TPSA) is 122 Å². The molecule has 0 spiro atoms. The highest BCUT2D eigenvalue weighted by molar-refractivity contribution is 7.92. The molecule has 0 bridgehead atoms. The Morgan fingerprint density at radius 2 is 1.85 bits per heavy atom. The summed E-state index contributed by atoms with van der Waals surface area (Å²) in [5.74, 6) is -0.714. The van der Waals surface area contributed by atoms with Crippen molar-refractivity contribution in [2.24, 2.45) is 5.10 Å². The molecule has 0 fully saturated rings. The lowest BCUT2D eigenvalue weighted by Gasteiger charge is -2.24. The molecule has 0 aliphatic heterocycles. The van der Waals surface area contributed by atoms with Crippen LogP contribution in [0.15, 0.2) is 82.8 Å². The number of sulfonamides is 1. The van der Waals surface area contributed by atoms with Crippen LogP contribution in [0.3, 0.4) is 0 Å². The van der Waals surface area contributed by atoms with Crippen molar-refractivity contribution < 1.29 is 18.1 Å². The summed E-state index contributed by atoms with van der Waals surface area (Å²) in [6, 6.07) is 18.3. The Kier molecular flexibility index (Phi) is 7.41. The number of hydrogen-bond acceptors (Lipinski definition) is 6. The summed E-state index contributed by atoms with van der Waals surface area (Å²) in [7, 11) is -4.04. The summed E-state index contributed by atoms with van der Waals surface area (Å²) in [5.41, 5.74) is 3.41. The first kappa shape index (κ1) is 23.9. The molecule has 0 radical (unpaired) electrons. The maximum atomic E-state index is 13.2. The van der Waals surface area contributed by atoms with E-state index >= 15 is 0 Å². The van der Waals surface area contributed by atoms with Gasteiger partial charge in [-0.05, 0) is 42.8 Å². The molecule has 33 heavy (non-hydrogen) atoms. The van der Waals surface area contributed by atoms with Crippen LogP contribution in [0.2, 0.25) is 5.02 Å². The number of hydrazone groups is 1. The van der Waals surface area contributed by atoms with Crippen LogP contribution in [0, 0.1) is 17.0 Å². The lowest BCUT2D eigenvalue weighted by Crippen LogP contribution is -2.39. The normalized spacial score (nSPS) is 11.3. The van der Waals surface area contributed by atoms with Gasteiger partial charge < -0.3 is 0 Å². The molecule has 0 unspecified atom stereocenters. The number of nitrogens with zero attached hydrogens (tertiary/aromatic N) is 3. The van der Waals surface area contributed by atoms with Crippen molar-refractivity contribution in [3.8, 4) is 0 Å². The van der Waals surface area contributed by atoms with E-state index < -0.39 is 27.4 Å². The maximum Gasteiger partial charge on any atom is 0.270 e. The van der Waals surface area contributed by atoms with Crippen LogP contribution in [-0.2, 0) is 14.8 Å². The van der Waals surface area contributed by atoms with Crippen LogP contribution in [0.4, 0.5) is 11.4 Å². The summed E-state index contributed by atoms with van der Waals surface area (Å²) >= 11 is 6.01. The molecule has 0 aliphatic carbocycles. The second-order valence-corrected chi connectivity index (χ2v) is 9.19. The third kappa shape index (κ3) is 5.93. The molecule has 0 saturated heterocycles. The second kappa shape index (κ2) is 10.2. The minimum atomic E-state index is -4.04. The molecule has 9 nitrogen and oxygen atoms in total. The van der Waals surface area contributed by atoms with Crippen LogP contribution < -0.4 is 9.73 Å². The zero-order chi connectivity index (χ0) is 24.0. The number of halogens is 1. The van der Waals surface area contributed by atoms with Gasteiger partial charge in [0, 0.05) is 22.7 Å². The largest absolute Gasteiger partial charge is 0.271 e. The summed E-state index contributed by atoms with van der Waals surface area (Å²) in [6.07, 6.45) is 1.15. The molecule has 3 aromatic carbocycles. The average Bonchev–Trinajstić information content (AvgIpc) is 2.79. The number of carbonyl (C=O) groups excluding carboxylic acids is 1. The summed E-state index contributed by atoms with van der Waals surface area (Å²) in [5, 5.41) is 14.9. The van der Waals surface area contributed by atoms with Crippen molar-refractivity contribution >= 4 is 45.1 Å². The Morgan fingerprint density at radius 1 is 1.12 bits per heavy atom. The zero-order valence-electron chi connectivity index (χ0n) is 17.4. The monoisotopic (exact) mass is 486 g/mol. The minimum Gasteiger partial charge on any atom is -0.271 e. The Morgan fingerprint density at radius 3 is 2.52 bits per heavy atom. The Bertz CT molecular complexity index is 1310. The van der Waals surface area contributed by atoms with Crippen LogP contribution in [0.25, 0.3) is 0 Å². The summed E-state index contributed by atoms with van der Waals surface area (Å²) in [4.78, 5) is 22.9. The van der Waals surface area contributed by atoms with E-state index in [2.05, 4.69) is 10.5 Å². The van der Waals surface area contributed by atoms with Gasteiger partial charge in [0.1, 0.15) is 6.54 Å². The van der Waals surface area contributed by atoms with E-state index in [1.165, 1.54) is 30.3 Å². The van der Waals surface area contributed by atoms with E-state index in [1.807, 2.05) is 13.0 Å². The van der Waals surface area contributed by atoms with Crippen molar-refractivity contribution in [2.45, 2.75) is 11.8 Å². The SMILES string of the molecule is Cc1cccc(N(CC(=O)N/N=C\c2cc([N+](=O)[O-])ccc2Cl)S(=O)(=O)c2ccccc2)c1. The standard InChI is InChI=1S/C22H19ClN4O5S/c1-16-6-5-7-18(12-16)26(33(31,32)20-8-3-2-4-9-20)15-22(28)25-24-14-17-13-19(27(29)30)10-11-21(17)23/h2-14H,15H2,1H3,(H,25,28)/b24-14-. The molecule has 1 amide bonds. The van der Waals surface area contributed by atoms with Crippen LogP contribution in [0.5, 0.6) is 0 Å². The Balaban J connectivity index is 1.83. The smallest absolute Gasteiger partial charge is 0.270 e. The Hall–Kier alpha value is -3.76. The maximum absolute atomic E-state index is 13.2. The number of hydrogen-bond donors (Lipinski definition) is 1. The number of nitro benzene ring substituents is 1. The van der Waals surface area contributed by atoms with Crippen molar-refractivity contribution in [1.29, 1.82) is 0 Å². The fourth-order valence-corrected chi connectivity index (χ4v) is 4.50. The number of aryl methyl sites for hydroxylation is 1. The van der Waals surface area contributed by atoms with Gasteiger partial charge in [-0.3, -0.25) is 19.2 Å². The average molecular weight is 487 g/mol. The highest BCUT2D eigenvalue weighted by Crippen LogP contribution is 2.24. The lowest BCUT2D eigenvalue weighted by atomic mass is 10.2. The minimum absolute atomic E-state index is 0.0335. The van der Waals surface area contributed by atoms with Gasteiger partial charge in [0.15, 0.2) is 0 Å². The van der Waals surface area contributed by atoms with E-state index in [1.54, 1.807) is 36.4 Å². The first-order chi connectivity index (χ1) is 15.7. The molecule has 0 aromatic heterocycles. The highest BCUT2D eigenvalue weighted by Gasteiger charge is 2.27. The number of benzene rings is 3. The van der Waals surface area contributed by atoms with Gasteiger partial charge in [-0.2, -0.15) is 5.10 Å². The fraction of sp³-hybridized carbons (Fsp3) is 0.0909. The molecule has 0 saturated carbocycles. The summed E-state index contributed by atoms with van der Waals surface area (Å²) in [6.45, 7) is 1.27. The predicted octanol–water partition coefficient (Wildman–Crippen LogP) is 3.90. The van der Waals surface area contributed by atoms with Crippen LogP contribution in [0.1, 0.15) is 11.1 Å². The first-order valence-electron chi connectivity index (χ1n) is 9.59. The van der Waals surface area contributed by atoms with Gasteiger partial charge in [0.05, 0.1) is 21.7 Å². The number of rotatable bonds is 8. The molecule has 3 aromatic rings. The van der Waals surface area contributed by atoms with Gasteiger partial charge in [0.25, 0.3) is 21.6 Å². The molecule has 0 heterocycles. The number of anilines is 1.